The van der Waals surface area contributed by atoms with Gasteiger partial charge < -0.3 is 0 Å². The topological polar surface area (TPSA) is 54.5 Å². The molecule has 22 heavy (non-hydrogen) atoms. The zero-order chi connectivity index (χ0) is 16.3. The van der Waals surface area contributed by atoms with Gasteiger partial charge in [-0.2, -0.15) is 4.31 Å². The largest absolute Gasteiger partial charge is 0.271 e. The number of nitrogens with zero attached hydrogens (tertiary/aromatic N) is 1. The van der Waals surface area contributed by atoms with E-state index in [1.54, 1.807) is 30.3 Å². The maximum atomic E-state index is 12.8. The Kier molecular flexibility index (Phi) is 4.68. The van der Waals surface area contributed by atoms with Crippen LogP contribution in [-0.4, -0.2) is 14.3 Å². The summed E-state index contributed by atoms with van der Waals surface area (Å²) in [6.45, 7) is 4.99. The van der Waals surface area contributed by atoms with Crippen LogP contribution in [-0.2, 0) is 14.8 Å². The molecule has 0 radical (unpaired) electrons. The smallest absolute Gasteiger partial charge is 0.268 e. The Hall–Kier alpha value is -2.11. The first-order chi connectivity index (χ1) is 10.4. The number of para-hydroxylation sites is 1. The second-order valence-corrected chi connectivity index (χ2v) is 6.81. The van der Waals surface area contributed by atoms with Crippen LogP contribution >= 0.6 is 11.6 Å². The number of rotatable bonds is 4. The van der Waals surface area contributed by atoms with Crippen LogP contribution in [0.5, 0.6) is 0 Å². The van der Waals surface area contributed by atoms with Crippen molar-refractivity contribution in [2.75, 3.05) is 4.31 Å². The molecule has 0 N–H and O–H groups in total. The molecule has 0 unspecified atom stereocenters. The van der Waals surface area contributed by atoms with Gasteiger partial charge in [-0.15, -0.1) is 0 Å². The number of hydrogen-bond acceptors (Lipinski definition) is 3. The summed E-state index contributed by atoms with van der Waals surface area (Å²) in [5.74, 6) is -0.725. The summed E-state index contributed by atoms with van der Waals surface area (Å²) in [4.78, 5) is 12.4. The van der Waals surface area contributed by atoms with E-state index in [1.807, 2.05) is 0 Å². The van der Waals surface area contributed by atoms with Crippen LogP contribution in [0.4, 0.5) is 5.69 Å². The molecule has 0 aliphatic heterocycles. The van der Waals surface area contributed by atoms with E-state index in [0.717, 1.165) is 0 Å². The van der Waals surface area contributed by atoms with Gasteiger partial charge in [0.15, 0.2) is 0 Å². The van der Waals surface area contributed by atoms with Gasteiger partial charge in [-0.05, 0) is 31.2 Å². The molecular formula is C16H14ClNO3S. The summed E-state index contributed by atoms with van der Waals surface area (Å²) in [5.41, 5.74) is 0.195. The molecule has 114 valence electrons. The SMILES string of the molecule is C=C(C)C(=O)N(c1ccccc1Cl)S(=O)(=O)c1ccccc1. The third-order valence-electron chi connectivity index (χ3n) is 2.90. The average Bonchev–Trinajstić information content (AvgIpc) is 2.50. The monoisotopic (exact) mass is 335 g/mol. The summed E-state index contributed by atoms with van der Waals surface area (Å²) in [7, 11) is -4.08. The molecule has 1 amide bonds. The van der Waals surface area contributed by atoms with Crippen LogP contribution < -0.4 is 4.31 Å². The number of anilines is 1. The zero-order valence-electron chi connectivity index (χ0n) is 11.9. The molecule has 6 heteroatoms. The van der Waals surface area contributed by atoms with Gasteiger partial charge in [-0.3, -0.25) is 4.79 Å². The Bertz CT molecular complexity index is 816. The van der Waals surface area contributed by atoms with Crippen molar-refractivity contribution < 1.29 is 13.2 Å². The maximum Gasteiger partial charge on any atom is 0.271 e. The van der Waals surface area contributed by atoms with Gasteiger partial charge in [0.25, 0.3) is 15.9 Å². The Morgan fingerprint density at radius 3 is 2.14 bits per heavy atom. The lowest BCUT2D eigenvalue weighted by atomic mass is 10.3. The van der Waals surface area contributed by atoms with E-state index in [1.165, 1.54) is 31.2 Å². The van der Waals surface area contributed by atoms with Crippen molar-refractivity contribution in [3.8, 4) is 0 Å². The minimum atomic E-state index is -4.08. The number of hydrogen-bond donors (Lipinski definition) is 0. The van der Waals surface area contributed by atoms with E-state index < -0.39 is 15.9 Å². The number of benzene rings is 2. The molecule has 0 fully saturated rings. The van der Waals surface area contributed by atoms with E-state index in [2.05, 4.69) is 6.58 Å². The van der Waals surface area contributed by atoms with Gasteiger partial charge >= 0.3 is 0 Å². The minimum Gasteiger partial charge on any atom is -0.268 e. The standard InChI is InChI=1S/C16H14ClNO3S/c1-12(2)16(19)18(15-11-7-6-10-14(15)17)22(20,21)13-8-4-3-5-9-13/h3-11H,1H2,2H3. The normalized spacial score (nSPS) is 11.0. The van der Waals surface area contributed by atoms with Gasteiger partial charge in [0, 0.05) is 5.57 Å². The predicted octanol–water partition coefficient (Wildman–Crippen LogP) is 3.64. The number of amides is 1. The Morgan fingerprint density at radius 1 is 1.05 bits per heavy atom. The van der Waals surface area contributed by atoms with Gasteiger partial charge in [-0.1, -0.05) is 48.5 Å². The molecule has 0 saturated carbocycles. The molecule has 0 saturated heterocycles. The van der Waals surface area contributed by atoms with E-state index in [4.69, 9.17) is 11.6 Å². The van der Waals surface area contributed by atoms with Crippen molar-refractivity contribution in [3.05, 3.63) is 71.8 Å². The molecule has 0 heterocycles. The molecule has 0 aromatic heterocycles. The first-order valence-electron chi connectivity index (χ1n) is 6.40. The lowest BCUT2D eigenvalue weighted by Crippen LogP contribution is -2.37. The second kappa shape index (κ2) is 6.34. The third kappa shape index (κ3) is 3.05. The Morgan fingerprint density at radius 2 is 1.59 bits per heavy atom. The predicted molar refractivity (Wildman–Crippen MR) is 87.4 cm³/mol. The first-order valence-corrected chi connectivity index (χ1v) is 8.22. The molecule has 2 aromatic carbocycles. The van der Waals surface area contributed by atoms with Gasteiger partial charge in [0.05, 0.1) is 15.6 Å². The van der Waals surface area contributed by atoms with E-state index in [0.29, 0.717) is 4.31 Å². The van der Waals surface area contributed by atoms with Crippen LogP contribution in [0.25, 0.3) is 0 Å². The number of carbonyl (C=O) groups is 1. The Labute approximate surface area is 134 Å². The molecule has 4 nitrogen and oxygen atoms in total. The van der Waals surface area contributed by atoms with Crippen molar-refractivity contribution in [2.24, 2.45) is 0 Å². The van der Waals surface area contributed by atoms with Crippen LogP contribution in [0.2, 0.25) is 5.02 Å². The van der Waals surface area contributed by atoms with Crippen LogP contribution in [0.1, 0.15) is 6.92 Å². The van der Waals surface area contributed by atoms with Crippen molar-refractivity contribution >= 4 is 33.2 Å². The maximum absolute atomic E-state index is 12.8. The van der Waals surface area contributed by atoms with Crippen LogP contribution in [0.15, 0.2) is 71.6 Å². The summed E-state index contributed by atoms with van der Waals surface area (Å²) in [5, 5.41) is 0.164. The molecule has 2 aromatic rings. The third-order valence-corrected chi connectivity index (χ3v) is 4.93. The fraction of sp³-hybridized carbons (Fsp3) is 0.0625. The van der Waals surface area contributed by atoms with Gasteiger partial charge in [0.1, 0.15) is 0 Å². The van der Waals surface area contributed by atoms with Gasteiger partial charge in [0.2, 0.25) is 0 Å². The molecule has 0 atom stereocenters. The second-order valence-electron chi connectivity index (χ2n) is 4.62. The molecule has 0 spiro atoms. The number of halogens is 1. The molecule has 2 rings (SSSR count). The van der Waals surface area contributed by atoms with Crippen molar-refractivity contribution in [1.82, 2.24) is 0 Å². The molecule has 0 bridgehead atoms. The number of carbonyl (C=O) groups excluding carboxylic acids is 1. The highest BCUT2D eigenvalue weighted by atomic mass is 35.5. The first kappa shape index (κ1) is 16.3. The van der Waals surface area contributed by atoms with Gasteiger partial charge in [-0.25, -0.2) is 8.42 Å². The summed E-state index contributed by atoms with van der Waals surface area (Å²) in [6, 6.07) is 14.0. The van der Waals surface area contributed by atoms with Crippen molar-refractivity contribution in [1.29, 1.82) is 0 Å². The Balaban J connectivity index is 2.68. The lowest BCUT2D eigenvalue weighted by Gasteiger charge is -2.23. The fourth-order valence-electron chi connectivity index (χ4n) is 1.84. The van der Waals surface area contributed by atoms with E-state index in [9.17, 15) is 13.2 Å². The number of sulfonamides is 1. The fourth-order valence-corrected chi connectivity index (χ4v) is 3.61. The van der Waals surface area contributed by atoms with E-state index in [-0.39, 0.29) is 21.2 Å². The highest BCUT2D eigenvalue weighted by Crippen LogP contribution is 2.31. The quantitative estimate of drug-likeness (QED) is 0.801. The van der Waals surface area contributed by atoms with Crippen molar-refractivity contribution in [3.63, 3.8) is 0 Å². The molecule has 0 aliphatic carbocycles. The summed E-state index contributed by atoms with van der Waals surface area (Å²) >= 11 is 6.07. The highest BCUT2D eigenvalue weighted by Gasteiger charge is 2.32. The molecule has 0 aliphatic rings. The highest BCUT2D eigenvalue weighted by molar-refractivity contribution is 7.93. The summed E-state index contributed by atoms with van der Waals surface area (Å²) < 4.78 is 26.4. The summed E-state index contributed by atoms with van der Waals surface area (Å²) in [6.07, 6.45) is 0. The van der Waals surface area contributed by atoms with Crippen molar-refractivity contribution in [2.45, 2.75) is 11.8 Å². The van der Waals surface area contributed by atoms with E-state index >= 15 is 0 Å². The van der Waals surface area contributed by atoms with Crippen LogP contribution in [0.3, 0.4) is 0 Å². The average molecular weight is 336 g/mol. The minimum absolute atomic E-state index is 0.00418. The zero-order valence-corrected chi connectivity index (χ0v) is 13.4. The lowest BCUT2D eigenvalue weighted by molar-refractivity contribution is -0.113. The van der Waals surface area contributed by atoms with Crippen LogP contribution in [0, 0.1) is 0 Å². The molecular weight excluding hydrogens is 322 g/mol.